The molecule has 16 heavy (non-hydrogen) atoms. The largest absolute Gasteiger partial charge is 0.398 e. The minimum Gasteiger partial charge on any atom is -0.398 e. The number of nitrogens with one attached hydrogen (secondary N) is 1. The molecule has 0 spiro atoms. The Balaban J connectivity index is 1.72. The van der Waals surface area contributed by atoms with E-state index in [1.165, 1.54) is 0 Å². The van der Waals surface area contributed by atoms with Gasteiger partial charge in [-0.15, -0.1) is 11.3 Å². The fourth-order valence-corrected chi connectivity index (χ4v) is 2.04. The van der Waals surface area contributed by atoms with Gasteiger partial charge in [-0.3, -0.25) is 4.84 Å². The molecular formula is C12H14N2OS. The van der Waals surface area contributed by atoms with Gasteiger partial charge in [0.1, 0.15) is 0 Å². The molecule has 0 radical (unpaired) electrons. The van der Waals surface area contributed by atoms with Crippen molar-refractivity contribution in [3.63, 3.8) is 0 Å². The van der Waals surface area contributed by atoms with Crippen LogP contribution < -0.4 is 11.2 Å². The van der Waals surface area contributed by atoms with Gasteiger partial charge in [0.15, 0.2) is 0 Å². The highest BCUT2D eigenvalue weighted by Gasteiger charge is 1.99. The van der Waals surface area contributed by atoms with Crippen molar-refractivity contribution >= 4 is 17.0 Å². The number of hydrogen-bond acceptors (Lipinski definition) is 4. The average molecular weight is 234 g/mol. The van der Waals surface area contributed by atoms with Crippen LogP contribution in [-0.4, -0.2) is 0 Å². The lowest BCUT2D eigenvalue weighted by atomic mass is 10.2. The first kappa shape index (κ1) is 11.1. The van der Waals surface area contributed by atoms with Gasteiger partial charge in [-0.05, 0) is 17.0 Å². The Labute approximate surface area is 98.8 Å². The van der Waals surface area contributed by atoms with E-state index in [2.05, 4.69) is 5.48 Å². The van der Waals surface area contributed by atoms with Crippen LogP contribution in [0.1, 0.15) is 10.4 Å². The van der Waals surface area contributed by atoms with Gasteiger partial charge in [-0.2, -0.15) is 5.48 Å². The van der Waals surface area contributed by atoms with Gasteiger partial charge in [-0.1, -0.05) is 30.3 Å². The first-order valence-corrected chi connectivity index (χ1v) is 5.94. The Kier molecular flexibility index (Phi) is 3.93. The SMILES string of the molecule is Nc1ccsc1CNOCc1ccccc1. The van der Waals surface area contributed by atoms with Crippen LogP contribution in [0.5, 0.6) is 0 Å². The molecule has 0 bridgehead atoms. The maximum absolute atomic E-state index is 5.75. The lowest BCUT2D eigenvalue weighted by molar-refractivity contribution is 0.0241. The quantitative estimate of drug-likeness (QED) is 0.617. The predicted octanol–water partition coefficient (Wildman–Crippen LogP) is 2.55. The smallest absolute Gasteiger partial charge is 0.0933 e. The highest BCUT2D eigenvalue weighted by atomic mass is 32.1. The van der Waals surface area contributed by atoms with Crippen LogP contribution in [0.25, 0.3) is 0 Å². The molecule has 0 unspecified atom stereocenters. The Hall–Kier alpha value is -1.36. The molecule has 0 amide bonds. The third-order valence-electron chi connectivity index (χ3n) is 2.20. The van der Waals surface area contributed by atoms with E-state index in [1.54, 1.807) is 11.3 Å². The summed E-state index contributed by atoms with van der Waals surface area (Å²) in [5, 5.41) is 1.98. The summed E-state index contributed by atoms with van der Waals surface area (Å²) in [6, 6.07) is 11.9. The molecule has 0 atom stereocenters. The first-order chi connectivity index (χ1) is 7.86. The van der Waals surface area contributed by atoms with Crippen molar-refractivity contribution < 1.29 is 4.84 Å². The van der Waals surface area contributed by atoms with E-state index in [0.717, 1.165) is 16.1 Å². The molecule has 0 fully saturated rings. The second-order valence-electron chi connectivity index (χ2n) is 3.39. The molecule has 4 heteroatoms. The van der Waals surface area contributed by atoms with E-state index in [-0.39, 0.29) is 0 Å². The fourth-order valence-electron chi connectivity index (χ4n) is 1.32. The number of anilines is 1. The van der Waals surface area contributed by atoms with Crippen LogP contribution in [0.4, 0.5) is 5.69 Å². The van der Waals surface area contributed by atoms with E-state index < -0.39 is 0 Å². The molecule has 1 aromatic carbocycles. The molecule has 1 aromatic heterocycles. The Morgan fingerprint density at radius 2 is 2.00 bits per heavy atom. The normalized spacial score (nSPS) is 10.5. The van der Waals surface area contributed by atoms with E-state index in [0.29, 0.717) is 13.2 Å². The number of nitrogen functional groups attached to an aromatic ring is 1. The van der Waals surface area contributed by atoms with E-state index >= 15 is 0 Å². The summed E-state index contributed by atoms with van der Waals surface area (Å²) < 4.78 is 0. The molecule has 2 rings (SSSR count). The molecule has 0 aliphatic heterocycles. The lowest BCUT2D eigenvalue weighted by Gasteiger charge is -2.05. The van der Waals surface area contributed by atoms with Crippen LogP contribution in [0, 0.1) is 0 Å². The van der Waals surface area contributed by atoms with Crippen LogP contribution in [-0.2, 0) is 18.0 Å². The predicted molar refractivity (Wildman–Crippen MR) is 66.8 cm³/mol. The Morgan fingerprint density at radius 1 is 1.19 bits per heavy atom. The van der Waals surface area contributed by atoms with Gasteiger partial charge in [0.25, 0.3) is 0 Å². The van der Waals surface area contributed by atoms with Crippen molar-refractivity contribution in [2.75, 3.05) is 5.73 Å². The fraction of sp³-hybridized carbons (Fsp3) is 0.167. The Morgan fingerprint density at radius 3 is 2.69 bits per heavy atom. The van der Waals surface area contributed by atoms with Gasteiger partial charge in [-0.25, -0.2) is 0 Å². The molecule has 2 aromatic rings. The molecule has 3 N–H and O–H groups in total. The van der Waals surface area contributed by atoms with Crippen molar-refractivity contribution in [1.82, 2.24) is 5.48 Å². The van der Waals surface area contributed by atoms with Gasteiger partial charge < -0.3 is 5.73 Å². The third kappa shape index (κ3) is 3.06. The summed E-state index contributed by atoms with van der Waals surface area (Å²) in [6.45, 7) is 1.21. The summed E-state index contributed by atoms with van der Waals surface area (Å²) >= 11 is 1.63. The molecule has 1 heterocycles. The van der Waals surface area contributed by atoms with Crippen LogP contribution in [0.15, 0.2) is 41.8 Å². The van der Waals surface area contributed by atoms with E-state index in [1.807, 2.05) is 41.8 Å². The van der Waals surface area contributed by atoms with Crippen molar-refractivity contribution in [2.24, 2.45) is 0 Å². The minimum atomic E-state index is 0.562. The number of hydroxylamine groups is 1. The van der Waals surface area contributed by atoms with Crippen LogP contribution >= 0.6 is 11.3 Å². The van der Waals surface area contributed by atoms with Gasteiger partial charge in [0.05, 0.1) is 13.2 Å². The molecule has 3 nitrogen and oxygen atoms in total. The maximum Gasteiger partial charge on any atom is 0.0933 e. The summed E-state index contributed by atoms with van der Waals surface area (Å²) in [5.74, 6) is 0. The number of nitrogens with two attached hydrogens (primary N) is 1. The van der Waals surface area contributed by atoms with Crippen LogP contribution in [0.2, 0.25) is 0 Å². The number of hydrogen-bond donors (Lipinski definition) is 2. The topological polar surface area (TPSA) is 47.3 Å². The van der Waals surface area contributed by atoms with Crippen molar-refractivity contribution in [1.29, 1.82) is 0 Å². The zero-order chi connectivity index (χ0) is 11.2. The standard InChI is InChI=1S/C12H14N2OS/c13-11-6-7-16-12(11)8-14-15-9-10-4-2-1-3-5-10/h1-7,14H,8-9,13H2. The monoisotopic (exact) mass is 234 g/mol. The zero-order valence-corrected chi connectivity index (χ0v) is 9.67. The van der Waals surface area contributed by atoms with Gasteiger partial charge in [0.2, 0.25) is 0 Å². The highest BCUT2D eigenvalue weighted by molar-refractivity contribution is 7.10. The molecule has 0 saturated carbocycles. The lowest BCUT2D eigenvalue weighted by Crippen LogP contribution is -2.13. The van der Waals surface area contributed by atoms with Crippen LogP contribution in [0.3, 0.4) is 0 Å². The molecule has 0 aliphatic rings. The Bertz CT molecular complexity index is 428. The first-order valence-electron chi connectivity index (χ1n) is 5.06. The number of thiophene rings is 1. The van der Waals surface area contributed by atoms with Gasteiger partial charge >= 0.3 is 0 Å². The molecule has 0 saturated heterocycles. The number of benzene rings is 1. The van der Waals surface area contributed by atoms with Crippen molar-refractivity contribution in [3.8, 4) is 0 Å². The minimum absolute atomic E-state index is 0.562. The average Bonchev–Trinajstić information content (AvgIpc) is 2.72. The summed E-state index contributed by atoms with van der Waals surface area (Å²) in [5.41, 5.74) is 10.6. The summed E-state index contributed by atoms with van der Waals surface area (Å²) in [6.07, 6.45) is 0. The molecule has 0 aliphatic carbocycles. The number of rotatable bonds is 5. The third-order valence-corrected chi connectivity index (χ3v) is 3.13. The van der Waals surface area contributed by atoms with Gasteiger partial charge in [0, 0.05) is 10.6 Å². The van der Waals surface area contributed by atoms with Crippen molar-refractivity contribution in [2.45, 2.75) is 13.2 Å². The zero-order valence-electron chi connectivity index (χ0n) is 8.85. The second-order valence-corrected chi connectivity index (χ2v) is 4.40. The summed E-state index contributed by atoms with van der Waals surface area (Å²) in [7, 11) is 0. The second kappa shape index (κ2) is 5.65. The maximum atomic E-state index is 5.75. The van der Waals surface area contributed by atoms with E-state index in [4.69, 9.17) is 10.6 Å². The molecule has 84 valence electrons. The highest BCUT2D eigenvalue weighted by Crippen LogP contribution is 2.18. The van der Waals surface area contributed by atoms with E-state index in [9.17, 15) is 0 Å². The molecular weight excluding hydrogens is 220 g/mol. The summed E-state index contributed by atoms with van der Waals surface area (Å²) in [4.78, 5) is 6.45. The van der Waals surface area contributed by atoms with Crippen molar-refractivity contribution in [3.05, 3.63) is 52.2 Å².